The Bertz CT molecular complexity index is 852. The standard InChI is InChI=1S/C20H24ClN3O3/c1-6-24(12(2)3)18-11-14(21)10-17(23-18)19(25)22-15-7-8-16(13(4)9-15)20(26)27-5/h7-12H,6H2,1-5H3,(H,22,25). The molecule has 0 radical (unpaired) electrons. The maximum atomic E-state index is 12.6. The number of rotatable bonds is 6. The van der Waals surface area contributed by atoms with Gasteiger partial charge >= 0.3 is 5.97 Å². The number of nitrogens with one attached hydrogen (secondary N) is 1. The molecule has 0 aliphatic rings. The van der Waals surface area contributed by atoms with Crippen LogP contribution in [-0.2, 0) is 4.74 Å². The normalized spacial score (nSPS) is 10.6. The Hall–Kier alpha value is -2.60. The first-order chi connectivity index (χ1) is 12.8. The number of amides is 1. The third kappa shape index (κ3) is 4.98. The molecule has 144 valence electrons. The number of esters is 1. The van der Waals surface area contributed by atoms with Crippen LogP contribution in [0, 0.1) is 6.92 Å². The second kappa shape index (κ2) is 8.86. The molecular weight excluding hydrogens is 366 g/mol. The zero-order valence-electron chi connectivity index (χ0n) is 16.2. The fourth-order valence-electron chi connectivity index (χ4n) is 2.81. The summed E-state index contributed by atoms with van der Waals surface area (Å²) in [6, 6.07) is 8.48. The molecule has 2 aromatic rings. The van der Waals surface area contributed by atoms with Gasteiger partial charge in [-0.2, -0.15) is 0 Å². The average Bonchev–Trinajstić information content (AvgIpc) is 2.61. The zero-order chi connectivity index (χ0) is 20.1. The van der Waals surface area contributed by atoms with Crippen LogP contribution in [0.3, 0.4) is 0 Å². The van der Waals surface area contributed by atoms with Gasteiger partial charge in [0.05, 0.1) is 12.7 Å². The molecule has 0 bridgehead atoms. The van der Waals surface area contributed by atoms with E-state index in [1.807, 2.05) is 6.92 Å². The molecule has 1 amide bonds. The summed E-state index contributed by atoms with van der Waals surface area (Å²) in [7, 11) is 1.33. The zero-order valence-corrected chi connectivity index (χ0v) is 16.9. The number of pyridine rings is 1. The van der Waals surface area contributed by atoms with E-state index in [4.69, 9.17) is 16.3 Å². The first-order valence-corrected chi connectivity index (χ1v) is 9.09. The van der Waals surface area contributed by atoms with Crippen molar-refractivity contribution in [3.8, 4) is 0 Å². The molecular formula is C20H24ClN3O3. The molecule has 1 N–H and O–H groups in total. The quantitative estimate of drug-likeness (QED) is 0.745. The van der Waals surface area contributed by atoms with Gasteiger partial charge in [-0.25, -0.2) is 9.78 Å². The SMILES string of the molecule is CCN(c1cc(Cl)cc(C(=O)Nc2ccc(C(=O)OC)c(C)c2)n1)C(C)C. The Morgan fingerprint density at radius 3 is 2.52 bits per heavy atom. The van der Waals surface area contributed by atoms with E-state index in [1.54, 1.807) is 31.2 Å². The molecule has 0 fully saturated rings. The number of hydrogen-bond acceptors (Lipinski definition) is 5. The van der Waals surface area contributed by atoms with Crippen molar-refractivity contribution in [3.63, 3.8) is 0 Å². The van der Waals surface area contributed by atoms with Gasteiger partial charge in [0.15, 0.2) is 0 Å². The Morgan fingerprint density at radius 2 is 1.96 bits per heavy atom. The molecule has 2 rings (SSSR count). The van der Waals surface area contributed by atoms with Crippen LogP contribution < -0.4 is 10.2 Å². The summed E-state index contributed by atoms with van der Waals surface area (Å²) in [5, 5.41) is 3.24. The molecule has 1 heterocycles. The fraction of sp³-hybridized carbons (Fsp3) is 0.350. The van der Waals surface area contributed by atoms with Crippen molar-refractivity contribution >= 4 is 35.0 Å². The molecule has 0 spiro atoms. The van der Waals surface area contributed by atoms with Crippen molar-refractivity contribution in [1.82, 2.24) is 4.98 Å². The summed E-state index contributed by atoms with van der Waals surface area (Å²) in [5.74, 6) is -0.133. The van der Waals surface area contributed by atoms with Crippen LogP contribution >= 0.6 is 11.6 Å². The van der Waals surface area contributed by atoms with Gasteiger partial charge in [0.2, 0.25) is 0 Å². The molecule has 0 atom stereocenters. The lowest BCUT2D eigenvalue weighted by Gasteiger charge is -2.26. The highest BCUT2D eigenvalue weighted by atomic mass is 35.5. The number of nitrogens with zero attached hydrogens (tertiary/aromatic N) is 2. The van der Waals surface area contributed by atoms with Crippen molar-refractivity contribution in [1.29, 1.82) is 0 Å². The number of aromatic nitrogens is 1. The Labute approximate surface area is 164 Å². The van der Waals surface area contributed by atoms with Crippen LogP contribution in [0.5, 0.6) is 0 Å². The molecule has 27 heavy (non-hydrogen) atoms. The fourth-order valence-corrected chi connectivity index (χ4v) is 3.02. The molecule has 6 nitrogen and oxygen atoms in total. The van der Waals surface area contributed by atoms with E-state index in [0.29, 0.717) is 27.7 Å². The summed E-state index contributed by atoms with van der Waals surface area (Å²) in [6.07, 6.45) is 0. The predicted octanol–water partition coefficient (Wildman–Crippen LogP) is 4.32. The van der Waals surface area contributed by atoms with E-state index in [-0.39, 0.29) is 17.6 Å². The lowest BCUT2D eigenvalue weighted by atomic mass is 10.1. The first-order valence-electron chi connectivity index (χ1n) is 8.71. The minimum atomic E-state index is -0.417. The van der Waals surface area contributed by atoms with Crippen LogP contribution in [0.2, 0.25) is 5.02 Å². The van der Waals surface area contributed by atoms with Crippen LogP contribution in [0.4, 0.5) is 11.5 Å². The Morgan fingerprint density at radius 1 is 1.26 bits per heavy atom. The van der Waals surface area contributed by atoms with Gasteiger partial charge in [-0.1, -0.05) is 11.6 Å². The molecule has 0 unspecified atom stereocenters. The molecule has 0 saturated carbocycles. The number of hydrogen-bond donors (Lipinski definition) is 1. The second-order valence-corrected chi connectivity index (χ2v) is 6.82. The Kier molecular flexibility index (Phi) is 6.80. The summed E-state index contributed by atoms with van der Waals surface area (Å²) in [5.41, 5.74) is 1.95. The van der Waals surface area contributed by atoms with E-state index in [2.05, 4.69) is 29.0 Å². The average molecular weight is 390 g/mol. The lowest BCUT2D eigenvalue weighted by Crippen LogP contribution is -2.31. The molecule has 0 aliphatic heterocycles. The molecule has 1 aromatic heterocycles. The van der Waals surface area contributed by atoms with Gasteiger partial charge in [0.25, 0.3) is 5.91 Å². The number of halogens is 1. The monoisotopic (exact) mass is 389 g/mol. The first kappa shape index (κ1) is 20.7. The minimum absolute atomic E-state index is 0.227. The smallest absolute Gasteiger partial charge is 0.338 e. The maximum absolute atomic E-state index is 12.6. The summed E-state index contributed by atoms with van der Waals surface area (Å²) >= 11 is 6.20. The molecule has 0 saturated heterocycles. The number of carbonyl (C=O) groups is 2. The predicted molar refractivity (Wildman–Crippen MR) is 108 cm³/mol. The third-order valence-corrected chi connectivity index (χ3v) is 4.38. The van der Waals surface area contributed by atoms with Gasteiger partial charge in [-0.3, -0.25) is 4.79 Å². The number of ether oxygens (including phenoxy) is 1. The number of carbonyl (C=O) groups excluding carboxylic acids is 2. The highest BCUT2D eigenvalue weighted by molar-refractivity contribution is 6.31. The Balaban J connectivity index is 2.27. The van der Waals surface area contributed by atoms with E-state index in [9.17, 15) is 9.59 Å². The van der Waals surface area contributed by atoms with Crippen molar-refractivity contribution in [2.45, 2.75) is 33.7 Å². The van der Waals surface area contributed by atoms with E-state index < -0.39 is 5.97 Å². The van der Waals surface area contributed by atoms with E-state index in [1.165, 1.54) is 13.2 Å². The van der Waals surface area contributed by atoms with Crippen molar-refractivity contribution < 1.29 is 14.3 Å². The molecule has 1 aromatic carbocycles. The van der Waals surface area contributed by atoms with Crippen LogP contribution in [-0.4, -0.2) is 36.6 Å². The largest absolute Gasteiger partial charge is 0.465 e. The van der Waals surface area contributed by atoms with Gasteiger partial charge in [0.1, 0.15) is 11.5 Å². The van der Waals surface area contributed by atoms with Crippen molar-refractivity contribution in [2.75, 3.05) is 23.9 Å². The van der Waals surface area contributed by atoms with Crippen LogP contribution in [0.25, 0.3) is 0 Å². The van der Waals surface area contributed by atoms with Gasteiger partial charge in [0, 0.05) is 23.3 Å². The summed E-state index contributed by atoms with van der Waals surface area (Å²) < 4.78 is 4.73. The highest BCUT2D eigenvalue weighted by Gasteiger charge is 2.16. The maximum Gasteiger partial charge on any atom is 0.338 e. The minimum Gasteiger partial charge on any atom is -0.465 e. The van der Waals surface area contributed by atoms with Gasteiger partial charge < -0.3 is 15.0 Å². The topological polar surface area (TPSA) is 71.5 Å². The third-order valence-electron chi connectivity index (χ3n) is 4.16. The number of methoxy groups -OCH3 is 1. The number of benzene rings is 1. The second-order valence-electron chi connectivity index (χ2n) is 6.38. The van der Waals surface area contributed by atoms with Gasteiger partial charge in [-0.15, -0.1) is 0 Å². The summed E-state index contributed by atoms with van der Waals surface area (Å²) in [6.45, 7) is 8.66. The molecule has 7 heteroatoms. The van der Waals surface area contributed by atoms with E-state index in [0.717, 1.165) is 6.54 Å². The molecule has 0 aliphatic carbocycles. The van der Waals surface area contributed by atoms with Crippen LogP contribution in [0.15, 0.2) is 30.3 Å². The van der Waals surface area contributed by atoms with Crippen molar-refractivity contribution in [3.05, 3.63) is 52.2 Å². The lowest BCUT2D eigenvalue weighted by molar-refractivity contribution is 0.0600. The van der Waals surface area contributed by atoms with Crippen LogP contribution in [0.1, 0.15) is 47.2 Å². The van der Waals surface area contributed by atoms with Crippen molar-refractivity contribution in [2.24, 2.45) is 0 Å². The summed E-state index contributed by atoms with van der Waals surface area (Å²) in [4.78, 5) is 30.8. The van der Waals surface area contributed by atoms with E-state index >= 15 is 0 Å². The highest BCUT2D eigenvalue weighted by Crippen LogP contribution is 2.22. The van der Waals surface area contributed by atoms with Gasteiger partial charge in [-0.05, 0) is 63.6 Å². The number of aryl methyl sites for hydroxylation is 1. The number of anilines is 2.